The largest absolute Gasteiger partial charge is 0.0616 e. The molecule has 0 aromatic heterocycles. The van der Waals surface area contributed by atoms with Crippen molar-refractivity contribution in [3.05, 3.63) is 169 Å². The van der Waals surface area contributed by atoms with Gasteiger partial charge in [-0.15, -0.1) is 0 Å². The van der Waals surface area contributed by atoms with Gasteiger partial charge in [-0.1, -0.05) is 172 Å². The zero-order chi connectivity index (χ0) is 32.4. The van der Waals surface area contributed by atoms with Gasteiger partial charge in [0.15, 0.2) is 0 Å². The second kappa shape index (κ2) is 10.9. The third-order valence-corrected chi connectivity index (χ3v) is 10.1. The van der Waals surface area contributed by atoms with Gasteiger partial charge in [0.2, 0.25) is 0 Å². The fraction of sp³-hybridized carbons (Fsp3) is 0.0833. The van der Waals surface area contributed by atoms with Crippen molar-refractivity contribution in [1.29, 1.82) is 0 Å². The Morgan fingerprint density at radius 2 is 0.854 bits per heavy atom. The molecule has 0 bridgehead atoms. The normalized spacial score (nSPS) is 12.1. The Morgan fingerprint density at radius 1 is 0.312 bits per heavy atom. The maximum absolute atomic E-state index is 2.44. The van der Waals surface area contributed by atoms with E-state index in [-0.39, 0.29) is 5.41 Å². The predicted molar refractivity (Wildman–Crippen MR) is 209 cm³/mol. The lowest BCUT2D eigenvalue weighted by molar-refractivity contribution is 0.601. The van der Waals surface area contributed by atoms with Crippen LogP contribution in [0.3, 0.4) is 0 Å². The van der Waals surface area contributed by atoms with Crippen LogP contribution in [-0.2, 0) is 5.41 Å². The molecule has 0 saturated carbocycles. The van der Waals surface area contributed by atoms with Crippen LogP contribution >= 0.6 is 0 Å². The summed E-state index contributed by atoms with van der Waals surface area (Å²) in [4.78, 5) is 0. The first-order valence-electron chi connectivity index (χ1n) is 16.9. The average Bonchev–Trinajstić information content (AvgIpc) is 3.12. The van der Waals surface area contributed by atoms with Crippen LogP contribution in [0.5, 0.6) is 0 Å². The molecule has 0 heteroatoms. The van der Waals surface area contributed by atoms with Crippen LogP contribution in [0.15, 0.2) is 164 Å². The standard InChI is InChI=1S/C48H36/c1-48(2,3)47-43-21-11-10-20-41(43)46(40-22-12-15-32-13-4-6-16-36(32)40)42-28-27-34(29-45(42)47)31-23-25-33(26-24-31)44-30-35-14-5-7-17-37(35)38-18-8-9-19-39(38)44/h4-30H,1-3H3. The van der Waals surface area contributed by atoms with Gasteiger partial charge in [0.25, 0.3) is 0 Å². The van der Waals surface area contributed by atoms with Crippen molar-refractivity contribution in [2.24, 2.45) is 0 Å². The van der Waals surface area contributed by atoms with Gasteiger partial charge < -0.3 is 0 Å². The predicted octanol–water partition coefficient (Wildman–Crippen LogP) is 13.8. The van der Waals surface area contributed by atoms with Crippen molar-refractivity contribution in [1.82, 2.24) is 0 Å². The summed E-state index contributed by atoms with van der Waals surface area (Å²) < 4.78 is 0. The molecule has 0 amide bonds. The molecule has 48 heavy (non-hydrogen) atoms. The molecule has 9 rings (SSSR count). The Balaban J connectivity index is 1.25. The van der Waals surface area contributed by atoms with Crippen molar-refractivity contribution >= 4 is 53.9 Å². The van der Waals surface area contributed by atoms with Crippen molar-refractivity contribution in [3.8, 4) is 33.4 Å². The zero-order valence-corrected chi connectivity index (χ0v) is 27.6. The summed E-state index contributed by atoms with van der Waals surface area (Å²) in [6.07, 6.45) is 0. The number of fused-ring (bicyclic) bond motifs is 6. The van der Waals surface area contributed by atoms with E-state index >= 15 is 0 Å². The molecule has 0 unspecified atom stereocenters. The summed E-state index contributed by atoms with van der Waals surface area (Å²) in [6.45, 7) is 7.05. The first-order valence-corrected chi connectivity index (χ1v) is 16.9. The molecular weight excluding hydrogens is 577 g/mol. The minimum Gasteiger partial charge on any atom is -0.0616 e. The van der Waals surface area contributed by atoms with Gasteiger partial charge in [-0.05, 0) is 110 Å². The SMILES string of the molecule is CC(C)(C)c1c2ccccc2c(-c2cccc3ccccc23)c2ccc(-c3ccc(-c4cc5ccccc5c5ccccc45)cc3)cc12. The molecule has 0 aliphatic rings. The van der Waals surface area contributed by atoms with Crippen molar-refractivity contribution in [3.63, 3.8) is 0 Å². The maximum Gasteiger partial charge on any atom is -0.00204 e. The number of rotatable bonds is 3. The zero-order valence-electron chi connectivity index (χ0n) is 27.6. The van der Waals surface area contributed by atoms with Crippen LogP contribution in [0.4, 0.5) is 0 Å². The van der Waals surface area contributed by atoms with E-state index in [1.165, 1.54) is 92.8 Å². The van der Waals surface area contributed by atoms with E-state index in [9.17, 15) is 0 Å². The van der Waals surface area contributed by atoms with E-state index in [2.05, 4.69) is 185 Å². The van der Waals surface area contributed by atoms with Gasteiger partial charge >= 0.3 is 0 Å². The molecule has 0 radical (unpaired) electrons. The van der Waals surface area contributed by atoms with Gasteiger partial charge in [-0.2, -0.15) is 0 Å². The molecule has 0 fully saturated rings. The lowest BCUT2D eigenvalue weighted by Gasteiger charge is -2.27. The molecule has 0 N–H and O–H groups in total. The lowest BCUT2D eigenvalue weighted by atomic mass is 9.77. The smallest absolute Gasteiger partial charge is 0.00204 e. The highest BCUT2D eigenvalue weighted by molar-refractivity contribution is 6.19. The fourth-order valence-electron chi connectivity index (χ4n) is 8.03. The minimum atomic E-state index is -0.0469. The van der Waals surface area contributed by atoms with E-state index in [0.717, 1.165) is 0 Å². The Kier molecular flexibility index (Phi) is 6.49. The van der Waals surface area contributed by atoms with E-state index in [4.69, 9.17) is 0 Å². The summed E-state index contributed by atoms with van der Waals surface area (Å²) in [6, 6.07) is 60.6. The Labute approximate surface area is 281 Å². The number of benzene rings is 9. The van der Waals surface area contributed by atoms with Crippen LogP contribution in [-0.4, -0.2) is 0 Å². The van der Waals surface area contributed by atoms with Crippen LogP contribution in [0.2, 0.25) is 0 Å². The maximum atomic E-state index is 2.44. The quantitative estimate of drug-likeness (QED) is 0.138. The van der Waals surface area contributed by atoms with Crippen molar-refractivity contribution < 1.29 is 0 Å². The first kappa shape index (κ1) is 28.5. The lowest BCUT2D eigenvalue weighted by Crippen LogP contribution is -2.13. The average molecular weight is 613 g/mol. The molecule has 9 aromatic rings. The summed E-state index contributed by atoms with van der Waals surface area (Å²) in [5.74, 6) is 0. The van der Waals surface area contributed by atoms with Gasteiger partial charge in [0, 0.05) is 0 Å². The van der Waals surface area contributed by atoms with Crippen LogP contribution < -0.4 is 0 Å². The minimum absolute atomic E-state index is 0.0469. The molecule has 0 atom stereocenters. The van der Waals surface area contributed by atoms with Crippen molar-refractivity contribution in [2.75, 3.05) is 0 Å². The summed E-state index contributed by atoms with van der Waals surface area (Å²) in [7, 11) is 0. The molecule has 0 aliphatic carbocycles. The van der Waals surface area contributed by atoms with Gasteiger partial charge in [-0.3, -0.25) is 0 Å². The van der Waals surface area contributed by atoms with E-state index < -0.39 is 0 Å². The Hall–Kier alpha value is -5.72. The second-order valence-electron chi connectivity index (χ2n) is 14.1. The molecular formula is C48H36. The Bertz CT molecular complexity index is 2680. The molecule has 0 aliphatic heterocycles. The highest BCUT2D eigenvalue weighted by Gasteiger charge is 2.24. The third kappa shape index (κ3) is 4.52. The summed E-state index contributed by atoms with van der Waals surface area (Å²) in [5.41, 5.74) is 8.93. The molecule has 0 spiro atoms. The van der Waals surface area contributed by atoms with Gasteiger partial charge in [0.05, 0.1) is 0 Å². The highest BCUT2D eigenvalue weighted by Crippen LogP contribution is 2.46. The van der Waals surface area contributed by atoms with E-state index in [1.54, 1.807) is 0 Å². The number of hydrogen-bond acceptors (Lipinski definition) is 0. The van der Waals surface area contributed by atoms with Crippen LogP contribution in [0.1, 0.15) is 26.3 Å². The summed E-state index contributed by atoms with van der Waals surface area (Å²) >= 11 is 0. The summed E-state index contributed by atoms with van der Waals surface area (Å²) in [5, 5.41) is 13.0. The van der Waals surface area contributed by atoms with E-state index in [1.807, 2.05) is 0 Å². The molecule has 0 saturated heterocycles. The Morgan fingerprint density at radius 3 is 1.60 bits per heavy atom. The molecule has 9 aromatic carbocycles. The van der Waals surface area contributed by atoms with Crippen LogP contribution in [0, 0.1) is 0 Å². The van der Waals surface area contributed by atoms with Crippen molar-refractivity contribution in [2.45, 2.75) is 26.2 Å². The molecule has 0 nitrogen and oxygen atoms in total. The topological polar surface area (TPSA) is 0 Å². The third-order valence-electron chi connectivity index (χ3n) is 10.1. The van der Waals surface area contributed by atoms with E-state index in [0.29, 0.717) is 0 Å². The molecule has 228 valence electrons. The number of hydrogen-bond donors (Lipinski definition) is 0. The second-order valence-corrected chi connectivity index (χ2v) is 14.1. The monoisotopic (exact) mass is 612 g/mol. The highest BCUT2D eigenvalue weighted by atomic mass is 14.3. The molecule has 0 heterocycles. The fourth-order valence-corrected chi connectivity index (χ4v) is 8.03. The van der Waals surface area contributed by atoms with Gasteiger partial charge in [0.1, 0.15) is 0 Å². The first-order chi connectivity index (χ1) is 23.5. The van der Waals surface area contributed by atoms with Crippen LogP contribution in [0.25, 0.3) is 87.2 Å². The van der Waals surface area contributed by atoms with Gasteiger partial charge in [-0.25, -0.2) is 0 Å².